The van der Waals surface area contributed by atoms with Crippen molar-refractivity contribution in [3.63, 3.8) is 0 Å². The Bertz CT molecular complexity index is 210. The van der Waals surface area contributed by atoms with Crippen LogP contribution in [0.5, 0.6) is 0 Å². The third-order valence-corrected chi connectivity index (χ3v) is 1.83. The van der Waals surface area contributed by atoms with Crippen molar-refractivity contribution < 1.29 is 35.1 Å². The van der Waals surface area contributed by atoms with E-state index in [9.17, 15) is 4.79 Å². The van der Waals surface area contributed by atoms with E-state index in [4.69, 9.17) is 25.5 Å². The zero-order valence-corrected chi connectivity index (χ0v) is 11.6. The van der Waals surface area contributed by atoms with Gasteiger partial charge in [-0.1, -0.05) is 0 Å². The monoisotopic (exact) mass is 332 g/mol. The van der Waals surface area contributed by atoms with E-state index < -0.39 is 36.7 Å². The molecule has 0 aliphatic carbocycles. The van der Waals surface area contributed by atoms with Gasteiger partial charge in [-0.25, -0.2) is 4.79 Å². The van der Waals surface area contributed by atoms with E-state index in [1.54, 1.807) is 0 Å². The minimum atomic E-state index is -1.81. The number of carboxylic acids is 1. The predicted octanol–water partition coefficient (Wildman–Crippen LogP) is -3.51. The second kappa shape index (κ2) is 5.80. The van der Waals surface area contributed by atoms with Crippen LogP contribution >= 0.6 is 0 Å². The first-order valence-corrected chi connectivity index (χ1v) is 3.55. The Balaban J connectivity index is 0.00000169. The van der Waals surface area contributed by atoms with Crippen LogP contribution in [0.1, 0.15) is 0 Å². The van der Waals surface area contributed by atoms with Crippen LogP contribution in [0, 0.1) is 0 Å². The van der Waals surface area contributed by atoms with E-state index >= 15 is 0 Å². The number of carboxylic acid groups (broad SMARTS) is 1. The van der Waals surface area contributed by atoms with Crippen LogP contribution in [0.25, 0.3) is 0 Å². The Morgan fingerprint density at radius 3 is 1.93 bits per heavy atom. The predicted molar refractivity (Wildman–Crippen MR) is 42.3 cm³/mol. The van der Waals surface area contributed by atoms with Gasteiger partial charge in [0.15, 0.2) is 12.4 Å². The van der Waals surface area contributed by atoms with Gasteiger partial charge in [0.2, 0.25) is 0 Å². The van der Waals surface area contributed by atoms with E-state index in [1.807, 2.05) is 0 Å². The van der Waals surface area contributed by atoms with Crippen LogP contribution < -0.4 is 0 Å². The minimum Gasteiger partial charge on any atom is -0.479 e. The van der Waals surface area contributed by atoms with Gasteiger partial charge in [-0.15, -0.1) is 0 Å². The number of aliphatic hydroxyl groups is 4. The van der Waals surface area contributed by atoms with Gasteiger partial charge < -0.3 is 30.3 Å². The van der Waals surface area contributed by atoms with Gasteiger partial charge in [-0.05, 0) is 0 Å². The van der Waals surface area contributed by atoms with E-state index in [0.717, 1.165) is 0 Å². The molecule has 0 saturated carbocycles. The second-order valence-corrected chi connectivity index (χ2v) is 2.76. The topological polar surface area (TPSA) is 127 Å². The SMILES string of the molecule is O=C(O)[C@H]1OC(O)[C@H](O)[C@@H](O)[C@@H]1O.[Ba+2]. The molecule has 0 bridgehead atoms. The molecule has 5 N–H and O–H groups in total. The molecular formula is C6H10BaO7+2. The van der Waals surface area contributed by atoms with Crippen LogP contribution in [-0.4, -0.2) is 111 Å². The van der Waals surface area contributed by atoms with Gasteiger partial charge in [0, 0.05) is 0 Å². The first kappa shape index (κ1) is 14.8. The molecule has 0 radical (unpaired) electrons. The molecule has 1 aliphatic heterocycles. The summed E-state index contributed by atoms with van der Waals surface area (Å²) in [5.74, 6) is -1.52. The van der Waals surface area contributed by atoms with E-state index in [-0.39, 0.29) is 48.9 Å². The van der Waals surface area contributed by atoms with Gasteiger partial charge in [0.05, 0.1) is 0 Å². The van der Waals surface area contributed by atoms with Crippen molar-refractivity contribution in [2.75, 3.05) is 0 Å². The number of rotatable bonds is 1. The maximum absolute atomic E-state index is 10.4. The first-order chi connectivity index (χ1) is 5.95. The largest absolute Gasteiger partial charge is 2.00 e. The Labute approximate surface area is 119 Å². The molecule has 0 aromatic carbocycles. The molecule has 0 aromatic heterocycles. The number of aliphatic hydroxyl groups excluding tert-OH is 4. The van der Waals surface area contributed by atoms with Crippen LogP contribution in [0.4, 0.5) is 0 Å². The van der Waals surface area contributed by atoms with Gasteiger partial charge >= 0.3 is 54.9 Å². The molecule has 8 heteroatoms. The van der Waals surface area contributed by atoms with Gasteiger partial charge in [0.25, 0.3) is 0 Å². The molecule has 1 saturated heterocycles. The molecule has 1 heterocycles. The standard InChI is InChI=1S/C6H10O7.Ba/c7-1-2(8)4(5(10)11)13-6(12)3(1)9;/h1-4,6-9,12H,(H,10,11);/q;+2/t1-,2-,3+,4-,6?;/m0./s1. The summed E-state index contributed by atoms with van der Waals surface area (Å²) in [4.78, 5) is 10.4. The Morgan fingerprint density at radius 1 is 1.00 bits per heavy atom. The quantitative estimate of drug-likeness (QED) is 0.315. The summed E-state index contributed by atoms with van der Waals surface area (Å²) in [7, 11) is 0. The van der Waals surface area contributed by atoms with Crippen molar-refractivity contribution in [2.24, 2.45) is 0 Å². The zero-order valence-electron chi connectivity index (χ0n) is 7.15. The summed E-state index contributed by atoms with van der Waals surface area (Å²) in [5.41, 5.74) is 0. The van der Waals surface area contributed by atoms with Gasteiger partial charge in [-0.3, -0.25) is 0 Å². The molecule has 1 unspecified atom stereocenters. The van der Waals surface area contributed by atoms with E-state index in [2.05, 4.69) is 4.74 Å². The van der Waals surface area contributed by atoms with Crippen molar-refractivity contribution in [2.45, 2.75) is 30.7 Å². The minimum absolute atomic E-state index is 0. The summed E-state index contributed by atoms with van der Waals surface area (Å²) in [6.45, 7) is 0. The Morgan fingerprint density at radius 2 is 1.50 bits per heavy atom. The number of ether oxygens (including phenoxy) is 1. The number of hydrogen-bond acceptors (Lipinski definition) is 6. The number of carbonyl (C=O) groups is 1. The molecule has 76 valence electrons. The molecule has 1 fully saturated rings. The smallest absolute Gasteiger partial charge is 0.479 e. The number of aliphatic carboxylic acids is 1. The molecule has 1 rings (SSSR count). The number of hydrogen-bond donors (Lipinski definition) is 5. The van der Waals surface area contributed by atoms with E-state index in [0.29, 0.717) is 0 Å². The Kier molecular flexibility index (Phi) is 6.15. The van der Waals surface area contributed by atoms with Gasteiger partial charge in [0.1, 0.15) is 18.3 Å². The average Bonchev–Trinajstić information content (AvgIpc) is 2.07. The van der Waals surface area contributed by atoms with Crippen LogP contribution in [0.3, 0.4) is 0 Å². The molecule has 0 spiro atoms. The van der Waals surface area contributed by atoms with Crippen LogP contribution in [0.15, 0.2) is 0 Å². The van der Waals surface area contributed by atoms with E-state index in [1.165, 1.54) is 0 Å². The molecule has 0 aromatic rings. The van der Waals surface area contributed by atoms with Crippen LogP contribution in [0.2, 0.25) is 0 Å². The van der Waals surface area contributed by atoms with Crippen molar-refractivity contribution in [3.8, 4) is 0 Å². The van der Waals surface area contributed by atoms with Crippen LogP contribution in [-0.2, 0) is 9.53 Å². The van der Waals surface area contributed by atoms with Gasteiger partial charge in [-0.2, -0.15) is 0 Å². The zero-order chi connectivity index (χ0) is 10.2. The maximum Gasteiger partial charge on any atom is 2.00 e. The summed E-state index contributed by atoms with van der Waals surface area (Å²) in [6.07, 6.45) is -8.72. The third-order valence-electron chi connectivity index (χ3n) is 1.83. The first-order valence-electron chi connectivity index (χ1n) is 3.55. The molecule has 1 aliphatic rings. The molecule has 5 atom stereocenters. The Hall–Kier alpha value is 0.841. The van der Waals surface area contributed by atoms with Crippen molar-refractivity contribution in [3.05, 3.63) is 0 Å². The molecule has 0 amide bonds. The summed E-state index contributed by atoms with van der Waals surface area (Å²) in [5, 5.41) is 44.4. The molecule has 7 nitrogen and oxygen atoms in total. The second-order valence-electron chi connectivity index (χ2n) is 2.76. The summed E-state index contributed by atoms with van der Waals surface area (Å²) >= 11 is 0. The molecular weight excluding hydrogens is 321 g/mol. The summed E-state index contributed by atoms with van der Waals surface area (Å²) < 4.78 is 4.34. The average molecular weight is 331 g/mol. The summed E-state index contributed by atoms with van der Waals surface area (Å²) in [6, 6.07) is 0. The fraction of sp³-hybridized carbons (Fsp3) is 0.833. The normalized spacial score (nSPS) is 42.7. The van der Waals surface area contributed by atoms with Crippen molar-refractivity contribution >= 4 is 54.9 Å². The fourth-order valence-corrected chi connectivity index (χ4v) is 1.07. The fourth-order valence-electron chi connectivity index (χ4n) is 1.07. The third kappa shape index (κ3) is 2.92. The van der Waals surface area contributed by atoms with Crippen molar-refractivity contribution in [1.82, 2.24) is 0 Å². The molecule has 14 heavy (non-hydrogen) atoms. The van der Waals surface area contributed by atoms with Crippen molar-refractivity contribution in [1.29, 1.82) is 0 Å². The maximum atomic E-state index is 10.4.